The molecule has 0 aromatic carbocycles. The second-order valence-electron chi connectivity index (χ2n) is 5.36. The predicted molar refractivity (Wildman–Crippen MR) is 68.9 cm³/mol. The van der Waals surface area contributed by atoms with Gasteiger partial charge in [-0.1, -0.05) is 0 Å². The van der Waals surface area contributed by atoms with Crippen LogP contribution in [-0.2, 0) is 4.79 Å². The van der Waals surface area contributed by atoms with Gasteiger partial charge in [0.1, 0.15) is 0 Å². The summed E-state index contributed by atoms with van der Waals surface area (Å²) < 4.78 is 0. The Morgan fingerprint density at radius 1 is 1.29 bits per heavy atom. The van der Waals surface area contributed by atoms with E-state index in [-0.39, 0.29) is 6.04 Å². The number of nitrogens with one attached hydrogen (secondary N) is 1. The minimum Gasteiger partial charge on any atom is -0.341 e. The number of rotatable bonds is 3. The second kappa shape index (κ2) is 5.83. The highest BCUT2D eigenvalue weighted by Gasteiger charge is 2.29. The van der Waals surface area contributed by atoms with Crippen molar-refractivity contribution in [2.24, 2.45) is 0 Å². The van der Waals surface area contributed by atoms with E-state index in [0.717, 1.165) is 39.0 Å². The number of likely N-dealkylation sites (tertiary alicyclic amines) is 1. The molecule has 98 valence electrons. The van der Waals surface area contributed by atoms with Crippen molar-refractivity contribution in [3.8, 4) is 0 Å². The second-order valence-corrected chi connectivity index (χ2v) is 5.36. The van der Waals surface area contributed by atoms with Gasteiger partial charge in [0.25, 0.3) is 0 Å². The number of likely N-dealkylation sites (N-methyl/N-ethyl adjacent to an activating group) is 1. The van der Waals surface area contributed by atoms with Crippen LogP contribution in [0.1, 0.15) is 32.6 Å². The van der Waals surface area contributed by atoms with Crippen LogP contribution >= 0.6 is 0 Å². The maximum atomic E-state index is 12.3. The van der Waals surface area contributed by atoms with Gasteiger partial charge in [0.05, 0.1) is 6.04 Å². The Balaban J connectivity index is 1.88. The topological polar surface area (TPSA) is 35.6 Å². The smallest absolute Gasteiger partial charge is 0.239 e. The van der Waals surface area contributed by atoms with Crippen molar-refractivity contribution in [3.05, 3.63) is 0 Å². The van der Waals surface area contributed by atoms with Crippen molar-refractivity contribution >= 4 is 5.91 Å². The molecule has 1 atom stereocenters. The maximum Gasteiger partial charge on any atom is 0.239 e. The van der Waals surface area contributed by atoms with Crippen LogP contribution < -0.4 is 5.32 Å². The lowest BCUT2D eigenvalue weighted by Crippen LogP contribution is -2.51. The molecular weight excluding hydrogens is 214 g/mol. The molecule has 4 nitrogen and oxygen atoms in total. The van der Waals surface area contributed by atoms with E-state index in [0.29, 0.717) is 11.9 Å². The van der Waals surface area contributed by atoms with Crippen molar-refractivity contribution in [3.63, 3.8) is 0 Å². The van der Waals surface area contributed by atoms with Crippen molar-refractivity contribution < 1.29 is 4.79 Å². The fourth-order valence-corrected chi connectivity index (χ4v) is 2.91. The molecule has 17 heavy (non-hydrogen) atoms. The normalized spacial score (nSPS) is 24.3. The zero-order valence-electron chi connectivity index (χ0n) is 11.1. The molecule has 2 heterocycles. The van der Waals surface area contributed by atoms with E-state index in [1.807, 2.05) is 4.90 Å². The van der Waals surface area contributed by atoms with Gasteiger partial charge >= 0.3 is 0 Å². The SMILES string of the molecule is CC(C(=O)N1CCCC1)N(C)C1CCNCC1. The van der Waals surface area contributed by atoms with E-state index >= 15 is 0 Å². The molecule has 1 N–H and O–H groups in total. The first-order chi connectivity index (χ1) is 8.20. The molecule has 1 unspecified atom stereocenters. The molecule has 2 fully saturated rings. The average molecular weight is 239 g/mol. The zero-order chi connectivity index (χ0) is 12.3. The minimum atomic E-state index is 0.0381. The van der Waals surface area contributed by atoms with Crippen LogP contribution in [0.15, 0.2) is 0 Å². The molecule has 0 bridgehead atoms. The molecule has 4 heteroatoms. The van der Waals surface area contributed by atoms with E-state index in [1.54, 1.807) is 0 Å². The summed E-state index contributed by atoms with van der Waals surface area (Å²) in [6.07, 6.45) is 4.67. The molecule has 0 spiro atoms. The quantitative estimate of drug-likeness (QED) is 0.787. The number of piperidine rings is 1. The van der Waals surface area contributed by atoms with Gasteiger partial charge in [-0.2, -0.15) is 0 Å². The van der Waals surface area contributed by atoms with Crippen LogP contribution in [0.4, 0.5) is 0 Å². The Morgan fingerprint density at radius 3 is 2.47 bits per heavy atom. The lowest BCUT2D eigenvalue weighted by Gasteiger charge is -2.36. The lowest BCUT2D eigenvalue weighted by molar-refractivity contribution is -0.135. The van der Waals surface area contributed by atoms with Crippen LogP contribution in [0.3, 0.4) is 0 Å². The molecule has 0 aliphatic carbocycles. The van der Waals surface area contributed by atoms with E-state index < -0.39 is 0 Å². The first-order valence-corrected chi connectivity index (χ1v) is 6.91. The molecule has 2 aliphatic heterocycles. The maximum absolute atomic E-state index is 12.3. The lowest BCUT2D eigenvalue weighted by atomic mass is 10.0. The largest absolute Gasteiger partial charge is 0.341 e. The molecule has 0 radical (unpaired) electrons. The monoisotopic (exact) mass is 239 g/mol. The third-order valence-corrected chi connectivity index (χ3v) is 4.27. The molecule has 0 aromatic rings. The van der Waals surface area contributed by atoms with Crippen molar-refractivity contribution in [2.45, 2.75) is 44.7 Å². The fourth-order valence-electron chi connectivity index (χ4n) is 2.91. The summed E-state index contributed by atoms with van der Waals surface area (Å²) in [6, 6.07) is 0.606. The van der Waals surface area contributed by atoms with Crippen LogP contribution in [0.25, 0.3) is 0 Å². The van der Waals surface area contributed by atoms with Gasteiger partial charge in [0, 0.05) is 19.1 Å². The molecular formula is C13H25N3O. The third kappa shape index (κ3) is 2.99. The van der Waals surface area contributed by atoms with E-state index in [9.17, 15) is 4.79 Å². The number of nitrogens with zero attached hydrogens (tertiary/aromatic N) is 2. The van der Waals surface area contributed by atoms with Crippen LogP contribution in [0, 0.1) is 0 Å². The molecule has 2 saturated heterocycles. The van der Waals surface area contributed by atoms with Crippen molar-refractivity contribution in [1.82, 2.24) is 15.1 Å². The molecule has 2 aliphatic rings. The number of carbonyl (C=O) groups excluding carboxylic acids is 1. The fraction of sp³-hybridized carbons (Fsp3) is 0.923. The van der Waals surface area contributed by atoms with Crippen molar-refractivity contribution in [1.29, 1.82) is 0 Å². The molecule has 0 saturated carbocycles. The van der Waals surface area contributed by atoms with E-state index in [2.05, 4.69) is 24.2 Å². The summed E-state index contributed by atoms with van der Waals surface area (Å²) in [6.45, 7) is 6.15. The zero-order valence-corrected chi connectivity index (χ0v) is 11.1. The number of hydrogen-bond acceptors (Lipinski definition) is 3. The highest BCUT2D eigenvalue weighted by molar-refractivity contribution is 5.81. The summed E-state index contributed by atoms with van der Waals surface area (Å²) in [4.78, 5) is 16.6. The highest BCUT2D eigenvalue weighted by atomic mass is 16.2. The van der Waals surface area contributed by atoms with Gasteiger partial charge in [0.2, 0.25) is 5.91 Å². The van der Waals surface area contributed by atoms with E-state index in [4.69, 9.17) is 0 Å². The van der Waals surface area contributed by atoms with Gasteiger partial charge in [0.15, 0.2) is 0 Å². The Morgan fingerprint density at radius 2 is 1.88 bits per heavy atom. The number of carbonyl (C=O) groups is 1. The predicted octanol–water partition coefficient (Wildman–Crippen LogP) is 0.681. The molecule has 2 rings (SSSR count). The molecule has 0 aromatic heterocycles. The highest BCUT2D eigenvalue weighted by Crippen LogP contribution is 2.16. The summed E-state index contributed by atoms with van der Waals surface area (Å²) in [5, 5.41) is 3.37. The first kappa shape index (κ1) is 12.8. The summed E-state index contributed by atoms with van der Waals surface area (Å²) in [5.74, 6) is 0.323. The van der Waals surface area contributed by atoms with E-state index in [1.165, 1.54) is 12.8 Å². The third-order valence-electron chi connectivity index (χ3n) is 4.27. The summed E-state index contributed by atoms with van der Waals surface area (Å²) in [7, 11) is 2.11. The van der Waals surface area contributed by atoms with Crippen molar-refractivity contribution in [2.75, 3.05) is 33.2 Å². The Labute approximate surface area is 104 Å². The Kier molecular flexibility index (Phi) is 4.40. The van der Waals surface area contributed by atoms with Gasteiger partial charge in [-0.25, -0.2) is 0 Å². The average Bonchev–Trinajstić information content (AvgIpc) is 2.91. The van der Waals surface area contributed by atoms with Gasteiger partial charge in [-0.3, -0.25) is 9.69 Å². The van der Waals surface area contributed by atoms with Crippen LogP contribution in [0.5, 0.6) is 0 Å². The molecule has 1 amide bonds. The van der Waals surface area contributed by atoms with Crippen LogP contribution in [-0.4, -0.2) is 61.0 Å². The first-order valence-electron chi connectivity index (χ1n) is 6.91. The summed E-state index contributed by atoms with van der Waals surface area (Å²) in [5.41, 5.74) is 0. The Hall–Kier alpha value is -0.610. The summed E-state index contributed by atoms with van der Waals surface area (Å²) >= 11 is 0. The van der Waals surface area contributed by atoms with Gasteiger partial charge < -0.3 is 10.2 Å². The number of hydrogen-bond donors (Lipinski definition) is 1. The van der Waals surface area contributed by atoms with Crippen LogP contribution in [0.2, 0.25) is 0 Å². The van der Waals surface area contributed by atoms with Gasteiger partial charge in [-0.15, -0.1) is 0 Å². The van der Waals surface area contributed by atoms with Gasteiger partial charge in [-0.05, 0) is 52.7 Å². The Bertz CT molecular complexity index is 257. The number of amides is 1. The standard InChI is InChI=1S/C13H25N3O/c1-11(13(17)16-9-3-4-10-16)15(2)12-5-7-14-8-6-12/h11-12,14H,3-10H2,1-2H3. The minimum absolute atomic E-state index is 0.0381.